The monoisotopic (exact) mass is 537 g/mol. The largest absolute Gasteiger partial charge is 0.369 e. The van der Waals surface area contributed by atoms with Gasteiger partial charge in [0, 0.05) is 42.9 Å². The summed E-state index contributed by atoms with van der Waals surface area (Å²) in [6.45, 7) is 9.76. The van der Waals surface area contributed by atoms with E-state index in [9.17, 15) is 9.18 Å². The molecule has 0 amide bonds. The number of fused-ring (bicyclic) bond motifs is 1. The predicted octanol–water partition coefficient (Wildman–Crippen LogP) is 4.54. The Hall–Kier alpha value is -4.37. The number of pyridine rings is 1. The first-order valence-corrected chi connectivity index (χ1v) is 13.6. The van der Waals surface area contributed by atoms with Gasteiger partial charge in [0.15, 0.2) is 5.82 Å². The minimum Gasteiger partial charge on any atom is -0.369 e. The number of H-pyrrole nitrogens is 1. The molecule has 3 heterocycles. The third kappa shape index (κ3) is 5.00. The number of benzene rings is 3. The maximum Gasteiger partial charge on any atom is 0.253 e. The van der Waals surface area contributed by atoms with Gasteiger partial charge in [-0.2, -0.15) is 0 Å². The SMILES string of the molecule is Cc1ccc2cc([C@H](c3nnnn3Cc3ccc(F)cc3)N3CCN(c4cccc(C)c4C)CC3)c(=O)[nH]c2c1. The van der Waals surface area contributed by atoms with E-state index in [4.69, 9.17) is 0 Å². The lowest BCUT2D eigenvalue weighted by Crippen LogP contribution is -2.49. The number of aromatic nitrogens is 5. The normalized spacial score (nSPS) is 15.1. The highest BCUT2D eigenvalue weighted by atomic mass is 19.1. The van der Waals surface area contributed by atoms with Crippen LogP contribution in [0.4, 0.5) is 10.1 Å². The van der Waals surface area contributed by atoms with Gasteiger partial charge in [-0.3, -0.25) is 9.69 Å². The summed E-state index contributed by atoms with van der Waals surface area (Å²) in [4.78, 5) is 21.4. The van der Waals surface area contributed by atoms with Crippen molar-refractivity contribution >= 4 is 16.6 Å². The van der Waals surface area contributed by atoms with Gasteiger partial charge < -0.3 is 9.88 Å². The van der Waals surface area contributed by atoms with Crippen LogP contribution in [0.25, 0.3) is 10.9 Å². The number of tetrazole rings is 1. The van der Waals surface area contributed by atoms with Crippen molar-refractivity contribution in [3.8, 4) is 0 Å². The number of halogens is 1. The Morgan fingerprint density at radius 3 is 2.50 bits per heavy atom. The minimum absolute atomic E-state index is 0.156. The van der Waals surface area contributed by atoms with E-state index in [1.165, 1.54) is 28.9 Å². The van der Waals surface area contributed by atoms with Crippen molar-refractivity contribution in [2.75, 3.05) is 31.1 Å². The first kappa shape index (κ1) is 25.9. The Labute approximate surface area is 232 Å². The van der Waals surface area contributed by atoms with Crippen LogP contribution in [0.5, 0.6) is 0 Å². The molecule has 1 N–H and O–H groups in total. The lowest BCUT2D eigenvalue weighted by Gasteiger charge is -2.40. The third-order valence-corrected chi connectivity index (χ3v) is 7.97. The Kier molecular flexibility index (Phi) is 6.89. The summed E-state index contributed by atoms with van der Waals surface area (Å²) in [5.41, 5.74) is 7.01. The molecule has 0 unspecified atom stereocenters. The molecule has 1 aliphatic rings. The van der Waals surface area contributed by atoms with Gasteiger partial charge >= 0.3 is 0 Å². The molecule has 2 aromatic heterocycles. The van der Waals surface area contributed by atoms with E-state index in [0.29, 0.717) is 17.9 Å². The van der Waals surface area contributed by atoms with Gasteiger partial charge in [0.1, 0.15) is 11.9 Å². The second-order valence-corrected chi connectivity index (χ2v) is 10.6. The van der Waals surface area contributed by atoms with Crippen LogP contribution in [-0.4, -0.2) is 56.3 Å². The van der Waals surface area contributed by atoms with Crippen LogP contribution in [0.2, 0.25) is 0 Å². The molecule has 204 valence electrons. The molecule has 1 atom stereocenters. The Balaban J connectivity index is 1.38. The number of hydrogen-bond acceptors (Lipinski definition) is 6. The van der Waals surface area contributed by atoms with Gasteiger partial charge in [0.2, 0.25) is 0 Å². The summed E-state index contributed by atoms with van der Waals surface area (Å²) in [5.74, 6) is 0.291. The van der Waals surface area contributed by atoms with E-state index >= 15 is 0 Å². The zero-order chi connectivity index (χ0) is 27.8. The van der Waals surface area contributed by atoms with Gasteiger partial charge in [-0.05, 0) is 89.2 Å². The van der Waals surface area contributed by atoms with Crippen molar-refractivity contribution in [2.45, 2.75) is 33.4 Å². The van der Waals surface area contributed by atoms with E-state index < -0.39 is 6.04 Å². The molecule has 0 spiro atoms. The number of nitrogens with one attached hydrogen (secondary N) is 1. The van der Waals surface area contributed by atoms with Crippen molar-refractivity contribution in [2.24, 2.45) is 0 Å². The highest BCUT2D eigenvalue weighted by Crippen LogP contribution is 2.30. The highest BCUT2D eigenvalue weighted by molar-refractivity contribution is 5.79. The molecule has 0 bridgehead atoms. The molecule has 0 aliphatic carbocycles. The smallest absolute Gasteiger partial charge is 0.253 e. The van der Waals surface area contributed by atoms with E-state index in [0.717, 1.165) is 48.2 Å². The number of aryl methyl sites for hydroxylation is 2. The summed E-state index contributed by atoms with van der Waals surface area (Å²) in [5, 5.41) is 13.7. The summed E-state index contributed by atoms with van der Waals surface area (Å²) in [6, 6.07) is 20.3. The molecule has 40 heavy (non-hydrogen) atoms. The van der Waals surface area contributed by atoms with Gasteiger partial charge in [-0.25, -0.2) is 9.07 Å². The van der Waals surface area contributed by atoms with Crippen molar-refractivity contribution in [1.29, 1.82) is 0 Å². The van der Waals surface area contributed by atoms with E-state index in [1.54, 1.807) is 16.8 Å². The van der Waals surface area contributed by atoms with Gasteiger partial charge in [0.25, 0.3) is 5.56 Å². The van der Waals surface area contributed by atoms with E-state index in [1.807, 2.05) is 31.2 Å². The number of piperazine rings is 1. The zero-order valence-corrected chi connectivity index (χ0v) is 22.9. The zero-order valence-electron chi connectivity index (χ0n) is 22.9. The predicted molar refractivity (Wildman–Crippen MR) is 154 cm³/mol. The van der Waals surface area contributed by atoms with Crippen LogP contribution in [0.3, 0.4) is 0 Å². The van der Waals surface area contributed by atoms with Gasteiger partial charge in [-0.15, -0.1) is 5.10 Å². The second-order valence-electron chi connectivity index (χ2n) is 10.6. The van der Waals surface area contributed by atoms with Crippen LogP contribution in [0, 0.1) is 26.6 Å². The quantitative estimate of drug-likeness (QED) is 0.343. The van der Waals surface area contributed by atoms with Gasteiger partial charge in [0.05, 0.1) is 6.54 Å². The molecule has 1 aliphatic heterocycles. The maximum absolute atomic E-state index is 13.6. The second kappa shape index (κ2) is 10.7. The van der Waals surface area contributed by atoms with Crippen molar-refractivity contribution in [1.82, 2.24) is 30.1 Å². The number of aromatic amines is 1. The minimum atomic E-state index is -0.453. The highest BCUT2D eigenvalue weighted by Gasteiger charge is 2.33. The molecular formula is C31H32FN7O. The molecule has 6 rings (SSSR count). The number of anilines is 1. The maximum atomic E-state index is 13.6. The summed E-state index contributed by atoms with van der Waals surface area (Å²) < 4.78 is 15.3. The number of nitrogens with zero attached hydrogens (tertiary/aromatic N) is 6. The molecule has 1 saturated heterocycles. The van der Waals surface area contributed by atoms with Crippen molar-refractivity contribution in [3.05, 3.63) is 117 Å². The number of hydrogen-bond donors (Lipinski definition) is 1. The van der Waals surface area contributed by atoms with Crippen LogP contribution < -0.4 is 10.5 Å². The Bertz CT molecular complexity index is 1720. The van der Waals surface area contributed by atoms with Crippen LogP contribution in [0.15, 0.2) is 71.5 Å². The molecule has 9 heteroatoms. The first-order chi connectivity index (χ1) is 19.4. The molecular weight excluding hydrogens is 505 g/mol. The first-order valence-electron chi connectivity index (χ1n) is 13.6. The third-order valence-electron chi connectivity index (χ3n) is 7.97. The lowest BCUT2D eigenvalue weighted by atomic mass is 10.0. The molecule has 5 aromatic rings. The standard InChI is InChI=1S/C31H32FN7O/c1-20-7-10-24-18-26(31(40)33-27(24)17-20)29(30-34-35-36-39(30)19-23-8-11-25(32)12-9-23)38-15-13-37(14-16-38)28-6-4-5-21(2)22(28)3/h4-12,17-18,29H,13-16,19H2,1-3H3,(H,33,40)/t29-/m1/s1. The molecule has 8 nitrogen and oxygen atoms in total. The van der Waals surface area contributed by atoms with Gasteiger partial charge in [-0.1, -0.05) is 36.4 Å². The van der Waals surface area contributed by atoms with Crippen molar-refractivity contribution in [3.63, 3.8) is 0 Å². The summed E-state index contributed by atoms with van der Waals surface area (Å²) in [7, 11) is 0. The fourth-order valence-corrected chi connectivity index (χ4v) is 5.62. The molecule has 0 radical (unpaired) electrons. The number of rotatable bonds is 6. The molecule has 0 saturated carbocycles. The average molecular weight is 538 g/mol. The lowest BCUT2D eigenvalue weighted by molar-refractivity contribution is 0.200. The van der Waals surface area contributed by atoms with E-state index in [2.05, 4.69) is 62.4 Å². The molecule has 3 aromatic carbocycles. The van der Waals surface area contributed by atoms with Crippen molar-refractivity contribution < 1.29 is 4.39 Å². The summed E-state index contributed by atoms with van der Waals surface area (Å²) in [6.07, 6.45) is 0. The fourth-order valence-electron chi connectivity index (χ4n) is 5.62. The van der Waals surface area contributed by atoms with E-state index in [-0.39, 0.29) is 11.4 Å². The Morgan fingerprint density at radius 1 is 0.950 bits per heavy atom. The Morgan fingerprint density at radius 2 is 1.73 bits per heavy atom. The van der Waals surface area contributed by atoms with Crippen LogP contribution in [-0.2, 0) is 6.54 Å². The molecule has 1 fully saturated rings. The van der Waals surface area contributed by atoms with Crippen LogP contribution >= 0.6 is 0 Å². The average Bonchev–Trinajstić information content (AvgIpc) is 3.40. The van der Waals surface area contributed by atoms with Crippen LogP contribution in [0.1, 0.15) is 39.7 Å². The fraction of sp³-hybridized carbons (Fsp3) is 0.290. The topological polar surface area (TPSA) is 82.9 Å². The summed E-state index contributed by atoms with van der Waals surface area (Å²) >= 11 is 0.